The van der Waals surface area contributed by atoms with E-state index in [1.165, 1.54) is 16.7 Å². The van der Waals surface area contributed by atoms with Gasteiger partial charge in [0.1, 0.15) is 23.1 Å². The molecule has 0 aliphatic rings. The molecule has 4 aromatic carbocycles. The highest BCUT2D eigenvalue weighted by Gasteiger charge is 2.10. The molecule has 8 heteroatoms. The van der Waals surface area contributed by atoms with Crippen LogP contribution in [0, 0.1) is 0 Å². The molecule has 0 unspecified atom stereocenters. The molecule has 0 bridgehead atoms. The number of hydrogen-bond acceptors (Lipinski definition) is 6. The number of ether oxygens (including phenoxy) is 1. The summed E-state index contributed by atoms with van der Waals surface area (Å²) in [5, 5.41) is 26.5. The maximum atomic E-state index is 9.38. The molecule has 0 spiro atoms. The van der Waals surface area contributed by atoms with Crippen LogP contribution in [-0.2, 0) is 12.8 Å². The first kappa shape index (κ1) is 29.4. The lowest BCUT2D eigenvalue weighted by atomic mass is 10.1. The normalized spacial score (nSPS) is 10.9. The summed E-state index contributed by atoms with van der Waals surface area (Å²) in [5.74, 6) is 2.93. The zero-order valence-electron chi connectivity index (χ0n) is 25.8. The number of phenols is 1. The molecule has 8 rings (SSSR count). The number of aromatic hydroxyl groups is 1. The van der Waals surface area contributed by atoms with Gasteiger partial charge < -0.3 is 9.84 Å². The molecule has 4 aromatic heterocycles. The van der Waals surface area contributed by atoms with Crippen LogP contribution in [0.3, 0.4) is 0 Å². The van der Waals surface area contributed by atoms with Crippen molar-refractivity contribution >= 4 is 11.3 Å². The summed E-state index contributed by atoms with van der Waals surface area (Å²) in [5.41, 5.74) is 8.58. The van der Waals surface area contributed by atoms with Crippen LogP contribution >= 0.6 is 0 Å². The van der Waals surface area contributed by atoms with Crippen molar-refractivity contribution in [3.8, 4) is 33.8 Å². The van der Waals surface area contributed by atoms with Crippen molar-refractivity contribution in [1.29, 1.82) is 0 Å². The average Bonchev–Trinajstić information content (AvgIpc) is 3.73. The van der Waals surface area contributed by atoms with Crippen molar-refractivity contribution in [3.05, 3.63) is 169 Å². The van der Waals surface area contributed by atoms with E-state index in [1.54, 1.807) is 19.2 Å². The molecular formula is C39H32N6O2. The molecule has 0 radical (unpaired) electrons. The number of pyridine rings is 2. The van der Waals surface area contributed by atoms with Crippen molar-refractivity contribution in [3.63, 3.8) is 0 Å². The lowest BCUT2D eigenvalue weighted by Gasteiger charge is -2.05. The second kappa shape index (κ2) is 13.4. The van der Waals surface area contributed by atoms with Crippen molar-refractivity contribution in [2.75, 3.05) is 7.11 Å². The fourth-order valence-electron chi connectivity index (χ4n) is 5.44. The summed E-state index contributed by atoms with van der Waals surface area (Å²) in [7, 11) is 1.67. The minimum absolute atomic E-state index is 0.270. The van der Waals surface area contributed by atoms with E-state index in [-0.39, 0.29) is 5.75 Å². The van der Waals surface area contributed by atoms with Crippen LogP contribution in [0.1, 0.15) is 22.8 Å². The Morgan fingerprint density at radius 2 is 0.936 bits per heavy atom. The Labute approximate surface area is 272 Å². The van der Waals surface area contributed by atoms with Crippen LogP contribution in [0.4, 0.5) is 0 Å². The van der Waals surface area contributed by atoms with Crippen LogP contribution in [0.25, 0.3) is 33.5 Å². The molecule has 0 aliphatic carbocycles. The number of methoxy groups -OCH3 is 1. The Morgan fingerprint density at radius 3 is 1.38 bits per heavy atom. The molecule has 0 fully saturated rings. The van der Waals surface area contributed by atoms with Gasteiger partial charge in [-0.3, -0.25) is 8.80 Å². The summed E-state index contributed by atoms with van der Waals surface area (Å²) >= 11 is 0. The average molecular weight is 617 g/mol. The number of rotatable bonds is 7. The third kappa shape index (κ3) is 6.72. The second-order valence-corrected chi connectivity index (χ2v) is 11.1. The molecule has 1 N–H and O–H groups in total. The molecule has 0 amide bonds. The third-order valence-electron chi connectivity index (χ3n) is 7.98. The van der Waals surface area contributed by atoms with Gasteiger partial charge in [0.2, 0.25) is 0 Å². The summed E-state index contributed by atoms with van der Waals surface area (Å²) < 4.78 is 9.29. The van der Waals surface area contributed by atoms with E-state index in [0.29, 0.717) is 6.42 Å². The van der Waals surface area contributed by atoms with E-state index in [9.17, 15) is 5.11 Å². The van der Waals surface area contributed by atoms with Crippen LogP contribution in [0.15, 0.2) is 146 Å². The van der Waals surface area contributed by atoms with Crippen LogP contribution in [0.2, 0.25) is 0 Å². The van der Waals surface area contributed by atoms with Crippen molar-refractivity contribution in [2.24, 2.45) is 0 Å². The molecule has 47 heavy (non-hydrogen) atoms. The first-order valence-corrected chi connectivity index (χ1v) is 15.3. The largest absolute Gasteiger partial charge is 0.508 e. The SMILES string of the molecule is COc1ccc(Cc2nnc3ccc(-c4ccccc4)cn23)cc1.Oc1ccc(Cc2nnc3ccc(-c4ccccc4)cn23)cc1. The Hall–Kier alpha value is -6.28. The number of phenolic OH excluding ortho intramolecular Hbond substituents is 1. The predicted octanol–water partition coefficient (Wildman–Crippen LogP) is 7.69. The Morgan fingerprint density at radius 1 is 0.489 bits per heavy atom. The summed E-state index contributed by atoms with van der Waals surface area (Å²) in [6.07, 6.45) is 5.56. The predicted molar refractivity (Wildman–Crippen MR) is 184 cm³/mol. The topological polar surface area (TPSA) is 89.8 Å². The summed E-state index contributed by atoms with van der Waals surface area (Å²) in [6.45, 7) is 0. The lowest BCUT2D eigenvalue weighted by molar-refractivity contribution is 0.414. The maximum Gasteiger partial charge on any atom is 0.160 e. The lowest BCUT2D eigenvalue weighted by Crippen LogP contribution is -1.97. The number of fused-ring (bicyclic) bond motifs is 2. The van der Waals surface area contributed by atoms with E-state index < -0.39 is 0 Å². The van der Waals surface area contributed by atoms with Crippen molar-refractivity contribution in [1.82, 2.24) is 29.2 Å². The Balaban J connectivity index is 0.000000150. The van der Waals surface area contributed by atoms with E-state index >= 15 is 0 Å². The molecule has 0 aliphatic heterocycles. The van der Waals surface area contributed by atoms with Gasteiger partial charge in [0, 0.05) is 25.2 Å². The molecule has 8 aromatic rings. The molecular weight excluding hydrogens is 584 g/mol. The Kier molecular flexibility index (Phi) is 8.38. The number of aromatic nitrogens is 6. The van der Waals surface area contributed by atoms with E-state index in [1.807, 2.05) is 77.2 Å². The first-order chi connectivity index (χ1) is 23.1. The summed E-state index contributed by atoms with van der Waals surface area (Å²) in [4.78, 5) is 0. The van der Waals surface area contributed by atoms with Crippen LogP contribution in [-0.4, -0.2) is 41.4 Å². The van der Waals surface area contributed by atoms with Gasteiger partial charge in [-0.25, -0.2) is 0 Å². The fraction of sp³-hybridized carbons (Fsp3) is 0.0769. The molecule has 0 saturated heterocycles. The van der Waals surface area contributed by atoms with Gasteiger partial charge in [0.25, 0.3) is 0 Å². The van der Waals surface area contributed by atoms with Gasteiger partial charge in [-0.05, 0) is 81.9 Å². The monoisotopic (exact) mass is 616 g/mol. The van der Waals surface area contributed by atoms with Crippen LogP contribution in [0.5, 0.6) is 11.5 Å². The first-order valence-electron chi connectivity index (χ1n) is 15.3. The van der Waals surface area contributed by atoms with Crippen molar-refractivity contribution in [2.45, 2.75) is 12.8 Å². The Bertz CT molecular complexity index is 2230. The van der Waals surface area contributed by atoms with Gasteiger partial charge >= 0.3 is 0 Å². The zero-order chi connectivity index (χ0) is 32.0. The molecule has 230 valence electrons. The third-order valence-corrected chi connectivity index (χ3v) is 7.98. The molecule has 8 nitrogen and oxygen atoms in total. The molecule has 4 heterocycles. The summed E-state index contributed by atoms with van der Waals surface area (Å²) in [6, 6.07) is 43.9. The van der Waals surface area contributed by atoms with Gasteiger partial charge in [-0.15, -0.1) is 20.4 Å². The number of nitrogens with zero attached hydrogens (tertiary/aromatic N) is 6. The highest BCUT2D eigenvalue weighted by atomic mass is 16.5. The van der Waals surface area contributed by atoms with Gasteiger partial charge in [-0.1, -0.05) is 84.9 Å². The highest BCUT2D eigenvalue weighted by Crippen LogP contribution is 2.23. The zero-order valence-corrected chi connectivity index (χ0v) is 25.8. The number of hydrogen-bond donors (Lipinski definition) is 1. The van der Waals surface area contributed by atoms with Gasteiger partial charge in [0.05, 0.1) is 7.11 Å². The minimum Gasteiger partial charge on any atom is -0.508 e. The minimum atomic E-state index is 0.270. The van der Waals surface area contributed by atoms with E-state index in [0.717, 1.165) is 51.8 Å². The number of benzene rings is 4. The molecule has 0 atom stereocenters. The molecule has 0 saturated carbocycles. The standard InChI is InChI=1S/C20H17N3O.C19H15N3O/c1-24-18-10-7-15(8-11-18)13-20-22-21-19-12-9-17(14-23(19)20)16-5-3-2-4-6-16;23-17-9-6-14(7-10-17)12-19-21-20-18-11-8-16(13-22(18)19)15-4-2-1-3-5-15/h2-12,14H,13H2,1H3;1-11,13,23H,12H2. The maximum absolute atomic E-state index is 9.38. The van der Waals surface area contributed by atoms with E-state index in [4.69, 9.17) is 4.74 Å². The van der Waals surface area contributed by atoms with Crippen LogP contribution < -0.4 is 4.74 Å². The van der Waals surface area contributed by atoms with E-state index in [2.05, 4.69) is 85.7 Å². The van der Waals surface area contributed by atoms with Crippen molar-refractivity contribution < 1.29 is 9.84 Å². The fourth-order valence-corrected chi connectivity index (χ4v) is 5.44. The quantitative estimate of drug-likeness (QED) is 0.198. The highest BCUT2D eigenvalue weighted by molar-refractivity contribution is 5.65. The van der Waals surface area contributed by atoms with Gasteiger partial charge in [0.15, 0.2) is 11.3 Å². The smallest absolute Gasteiger partial charge is 0.160 e. The van der Waals surface area contributed by atoms with Gasteiger partial charge in [-0.2, -0.15) is 0 Å². The second-order valence-electron chi connectivity index (χ2n) is 11.1.